The number of carboxylic acid groups (broad SMARTS) is 1. The molecule has 0 amide bonds. The fourth-order valence-electron chi connectivity index (χ4n) is 2.28. The van der Waals surface area contributed by atoms with E-state index in [0.29, 0.717) is 29.6 Å². The summed E-state index contributed by atoms with van der Waals surface area (Å²) in [5.74, 6) is -2.16. The van der Waals surface area contributed by atoms with Gasteiger partial charge in [-0.05, 0) is 12.1 Å². The van der Waals surface area contributed by atoms with Crippen molar-refractivity contribution in [2.75, 3.05) is 6.79 Å². The summed E-state index contributed by atoms with van der Waals surface area (Å²) in [4.78, 5) is 22.6. The smallest absolute Gasteiger partial charge is 0.371 e. The number of aliphatic hydroxyl groups excluding tert-OH is 1. The molecule has 0 spiro atoms. The normalized spacial score (nSPS) is 13.1. The molecule has 2 aromatic rings. The number of carbonyl (C=O) groups excluding carboxylic acids is 1. The first-order valence-electron chi connectivity index (χ1n) is 6.68. The number of aliphatic carboxylic acids is 1. The van der Waals surface area contributed by atoms with Crippen LogP contribution in [0.25, 0.3) is 0 Å². The van der Waals surface area contributed by atoms with E-state index in [9.17, 15) is 9.59 Å². The second-order valence-electron chi connectivity index (χ2n) is 4.80. The predicted octanol–water partition coefficient (Wildman–Crippen LogP) is 2.31. The van der Waals surface area contributed by atoms with E-state index in [2.05, 4.69) is 0 Å². The van der Waals surface area contributed by atoms with Gasteiger partial charge in [0, 0.05) is 23.6 Å². The highest BCUT2D eigenvalue weighted by molar-refractivity contribution is 6.06. The van der Waals surface area contributed by atoms with E-state index in [4.69, 9.17) is 24.1 Å². The largest absolute Gasteiger partial charge is 0.502 e. The number of carboxylic acids is 1. The van der Waals surface area contributed by atoms with E-state index < -0.39 is 17.5 Å². The van der Waals surface area contributed by atoms with Crippen molar-refractivity contribution >= 4 is 11.8 Å². The molecule has 0 radical (unpaired) electrons. The lowest BCUT2D eigenvalue weighted by atomic mass is 10.0. The predicted molar refractivity (Wildman–Crippen MR) is 76.8 cm³/mol. The number of furan rings is 1. The van der Waals surface area contributed by atoms with Crippen molar-refractivity contribution in [1.29, 1.82) is 0 Å². The molecule has 7 nitrogen and oxygen atoms in total. The van der Waals surface area contributed by atoms with Crippen LogP contribution in [0.3, 0.4) is 0 Å². The van der Waals surface area contributed by atoms with Gasteiger partial charge in [-0.2, -0.15) is 0 Å². The Labute approximate surface area is 130 Å². The molecule has 0 atom stereocenters. The maximum atomic E-state index is 12.0. The van der Waals surface area contributed by atoms with Gasteiger partial charge in [0.05, 0.1) is 6.26 Å². The lowest BCUT2D eigenvalue weighted by Gasteiger charge is -2.05. The number of benzene rings is 1. The molecule has 1 aliphatic heterocycles. The van der Waals surface area contributed by atoms with Crippen LogP contribution >= 0.6 is 0 Å². The lowest BCUT2D eigenvalue weighted by Crippen LogP contribution is -2.05. The zero-order chi connectivity index (χ0) is 16.4. The number of hydrogen-bond acceptors (Lipinski definition) is 6. The molecule has 118 valence electrons. The number of aliphatic hydroxyl groups is 1. The first kappa shape index (κ1) is 14.7. The van der Waals surface area contributed by atoms with Crippen molar-refractivity contribution in [3.63, 3.8) is 0 Å². The molecule has 3 rings (SSSR count). The van der Waals surface area contributed by atoms with Crippen LogP contribution < -0.4 is 9.47 Å². The zero-order valence-corrected chi connectivity index (χ0v) is 11.8. The maximum Gasteiger partial charge on any atom is 0.371 e. The van der Waals surface area contributed by atoms with Crippen LogP contribution in [0.2, 0.25) is 0 Å². The second-order valence-corrected chi connectivity index (χ2v) is 4.80. The minimum absolute atomic E-state index is 0.0330. The monoisotopic (exact) mass is 316 g/mol. The number of rotatable bonds is 5. The van der Waals surface area contributed by atoms with Crippen molar-refractivity contribution in [2.45, 2.75) is 6.42 Å². The standard InChI is InChI=1S/C16H12O7/c17-11(7-12(18)16(19)20)14-10(4-5-21-14)6-9-2-1-3-13-15(9)23-8-22-13/h1-5,7,18H,6,8H2,(H,19,20)/b12-7-. The molecule has 0 fully saturated rings. The van der Waals surface area contributed by atoms with Gasteiger partial charge >= 0.3 is 5.97 Å². The Morgan fingerprint density at radius 1 is 1.13 bits per heavy atom. The molecule has 2 N–H and O–H groups in total. The summed E-state index contributed by atoms with van der Waals surface area (Å²) in [7, 11) is 0. The first-order valence-corrected chi connectivity index (χ1v) is 6.68. The van der Waals surface area contributed by atoms with Gasteiger partial charge in [-0.15, -0.1) is 0 Å². The molecule has 0 saturated heterocycles. The van der Waals surface area contributed by atoms with Gasteiger partial charge in [-0.1, -0.05) is 12.1 Å². The number of ketones is 1. The Hall–Kier alpha value is -3.22. The summed E-state index contributed by atoms with van der Waals surface area (Å²) >= 11 is 0. The third kappa shape index (κ3) is 2.89. The summed E-state index contributed by atoms with van der Waals surface area (Å²) < 4.78 is 15.8. The van der Waals surface area contributed by atoms with Crippen LogP contribution in [0.4, 0.5) is 0 Å². The van der Waals surface area contributed by atoms with E-state index in [-0.39, 0.29) is 12.6 Å². The van der Waals surface area contributed by atoms with Crippen molar-refractivity contribution in [2.24, 2.45) is 0 Å². The Bertz CT molecular complexity index is 801. The zero-order valence-electron chi connectivity index (χ0n) is 11.8. The third-order valence-electron chi connectivity index (χ3n) is 3.32. The van der Waals surface area contributed by atoms with Crippen LogP contribution in [-0.4, -0.2) is 28.8 Å². The SMILES string of the molecule is O=C(O)/C(O)=C/C(=O)c1occc1Cc1cccc2c1OCO2. The Balaban J connectivity index is 1.88. The Morgan fingerprint density at radius 3 is 2.74 bits per heavy atom. The van der Waals surface area contributed by atoms with Crippen LogP contribution in [0, 0.1) is 0 Å². The minimum atomic E-state index is -1.59. The quantitative estimate of drug-likeness (QED) is 0.495. The van der Waals surface area contributed by atoms with Crippen molar-refractivity contribution < 1.29 is 33.7 Å². The highest BCUT2D eigenvalue weighted by atomic mass is 16.7. The van der Waals surface area contributed by atoms with Gasteiger partial charge in [0.15, 0.2) is 17.3 Å². The molecular formula is C16H12O7. The molecule has 0 unspecified atom stereocenters. The fourth-order valence-corrected chi connectivity index (χ4v) is 2.28. The fraction of sp³-hybridized carbons (Fsp3) is 0.125. The summed E-state index contributed by atoms with van der Waals surface area (Å²) in [6.07, 6.45) is 2.28. The van der Waals surface area contributed by atoms with Crippen molar-refractivity contribution in [3.05, 3.63) is 59.3 Å². The average molecular weight is 316 g/mol. The number of para-hydroxylation sites is 1. The van der Waals surface area contributed by atoms with E-state index >= 15 is 0 Å². The third-order valence-corrected chi connectivity index (χ3v) is 3.32. The molecule has 0 bridgehead atoms. The number of ether oxygens (including phenoxy) is 2. The molecule has 1 aliphatic rings. The highest BCUT2D eigenvalue weighted by Crippen LogP contribution is 2.36. The molecule has 2 heterocycles. The van der Waals surface area contributed by atoms with Crippen molar-refractivity contribution in [3.8, 4) is 11.5 Å². The number of carbonyl (C=O) groups is 2. The average Bonchev–Trinajstić information content (AvgIpc) is 3.16. The lowest BCUT2D eigenvalue weighted by molar-refractivity contribution is -0.135. The van der Waals surface area contributed by atoms with Crippen LogP contribution in [0.15, 0.2) is 46.8 Å². The maximum absolute atomic E-state index is 12.0. The summed E-state index contributed by atoms with van der Waals surface area (Å²) in [5, 5.41) is 17.8. The van der Waals surface area contributed by atoms with Crippen LogP contribution in [-0.2, 0) is 11.2 Å². The first-order chi connectivity index (χ1) is 11.1. The van der Waals surface area contributed by atoms with Gasteiger partial charge in [0.2, 0.25) is 18.3 Å². The van der Waals surface area contributed by atoms with Gasteiger partial charge in [-0.25, -0.2) is 4.79 Å². The van der Waals surface area contributed by atoms with Gasteiger partial charge < -0.3 is 24.1 Å². The minimum Gasteiger partial charge on any atom is -0.502 e. The van der Waals surface area contributed by atoms with Crippen molar-refractivity contribution in [1.82, 2.24) is 0 Å². The summed E-state index contributed by atoms with van der Waals surface area (Å²) in [6.45, 7) is 0.138. The summed E-state index contributed by atoms with van der Waals surface area (Å²) in [5.41, 5.74) is 1.36. The molecule has 0 aliphatic carbocycles. The Morgan fingerprint density at radius 2 is 1.96 bits per heavy atom. The molecule has 23 heavy (non-hydrogen) atoms. The van der Waals surface area contributed by atoms with Gasteiger partial charge in [0.1, 0.15) is 0 Å². The van der Waals surface area contributed by atoms with E-state index in [0.717, 1.165) is 5.56 Å². The van der Waals surface area contributed by atoms with E-state index in [1.807, 2.05) is 6.07 Å². The molecule has 7 heteroatoms. The number of allylic oxidation sites excluding steroid dienone is 1. The number of hydrogen-bond donors (Lipinski definition) is 2. The van der Waals surface area contributed by atoms with Crippen LogP contribution in [0.5, 0.6) is 11.5 Å². The second kappa shape index (κ2) is 5.88. The van der Waals surface area contributed by atoms with Crippen LogP contribution in [0.1, 0.15) is 21.7 Å². The molecular weight excluding hydrogens is 304 g/mol. The van der Waals surface area contributed by atoms with Gasteiger partial charge in [0.25, 0.3) is 0 Å². The number of fused-ring (bicyclic) bond motifs is 1. The molecule has 0 saturated carbocycles. The van der Waals surface area contributed by atoms with E-state index in [1.54, 1.807) is 18.2 Å². The van der Waals surface area contributed by atoms with Gasteiger partial charge in [-0.3, -0.25) is 4.79 Å². The van der Waals surface area contributed by atoms with E-state index in [1.165, 1.54) is 6.26 Å². The Kier molecular flexibility index (Phi) is 3.76. The molecule has 1 aromatic carbocycles. The molecule has 1 aromatic heterocycles. The highest BCUT2D eigenvalue weighted by Gasteiger charge is 2.21. The topological polar surface area (TPSA) is 106 Å². The summed E-state index contributed by atoms with van der Waals surface area (Å²) in [6, 6.07) is 7.02.